The highest BCUT2D eigenvalue weighted by molar-refractivity contribution is 8.00. The van der Waals surface area contributed by atoms with Crippen LogP contribution < -0.4 is 4.74 Å². The Balaban J connectivity index is 2.00. The summed E-state index contributed by atoms with van der Waals surface area (Å²) >= 11 is 1.86. The van der Waals surface area contributed by atoms with Gasteiger partial charge >= 0.3 is 5.97 Å². The molecule has 0 aliphatic carbocycles. The first-order valence-electron chi connectivity index (χ1n) is 9.13. The van der Waals surface area contributed by atoms with E-state index in [2.05, 4.69) is 36.8 Å². The maximum Gasteiger partial charge on any atom is 0.305 e. The highest BCUT2D eigenvalue weighted by Crippen LogP contribution is 2.47. The zero-order chi connectivity index (χ0) is 19.0. The molecule has 1 aromatic carbocycles. The van der Waals surface area contributed by atoms with Crippen LogP contribution in [0.15, 0.2) is 36.4 Å². The Morgan fingerprint density at radius 2 is 2.08 bits per heavy atom. The van der Waals surface area contributed by atoms with Crippen molar-refractivity contribution in [3.63, 3.8) is 0 Å². The van der Waals surface area contributed by atoms with Gasteiger partial charge in [0.1, 0.15) is 10.7 Å². The fourth-order valence-corrected chi connectivity index (χ4v) is 4.19. The van der Waals surface area contributed by atoms with Crippen molar-refractivity contribution in [1.82, 2.24) is 0 Å². The van der Waals surface area contributed by atoms with Gasteiger partial charge in [-0.3, -0.25) is 4.79 Å². The zero-order valence-electron chi connectivity index (χ0n) is 16.2. The number of para-hydroxylation sites is 1. The standard InChI is InChI=1S/C21H30O4S/c1-21(2)25-20(17-12-9-10-13-18(17)23-3)16(15-26-21)11-7-5-6-8-14-19(22)24-4/h5,7,9-10,12-13,16,20H,6,8,11,14-15H2,1-4H3/t16-,20+/m0/s1. The molecule has 0 N–H and O–H groups in total. The molecule has 0 bridgehead atoms. The van der Waals surface area contributed by atoms with Crippen LogP contribution in [0.4, 0.5) is 0 Å². The average molecular weight is 379 g/mol. The van der Waals surface area contributed by atoms with Crippen LogP contribution in [0.2, 0.25) is 0 Å². The molecule has 0 saturated carbocycles. The van der Waals surface area contributed by atoms with Crippen LogP contribution in [0.1, 0.15) is 51.2 Å². The maximum atomic E-state index is 11.1. The Labute approximate surface area is 161 Å². The van der Waals surface area contributed by atoms with E-state index in [1.165, 1.54) is 7.11 Å². The lowest BCUT2D eigenvalue weighted by atomic mass is 9.92. The van der Waals surface area contributed by atoms with E-state index >= 15 is 0 Å². The Morgan fingerprint density at radius 3 is 2.81 bits per heavy atom. The van der Waals surface area contributed by atoms with Crippen LogP contribution >= 0.6 is 11.8 Å². The predicted molar refractivity (Wildman–Crippen MR) is 106 cm³/mol. The summed E-state index contributed by atoms with van der Waals surface area (Å²) in [5, 5.41) is 0. The fraction of sp³-hybridized carbons (Fsp3) is 0.571. The SMILES string of the molecule is COC(=O)CCCC=CC[C@H]1CSC(C)(C)O[C@H]1c1ccccc1OC. The van der Waals surface area contributed by atoms with Crippen molar-refractivity contribution < 1.29 is 19.0 Å². The molecule has 0 spiro atoms. The summed E-state index contributed by atoms with van der Waals surface area (Å²) in [5.41, 5.74) is 1.12. The van der Waals surface area contributed by atoms with Gasteiger partial charge in [0, 0.05) is 23.7 Å². The zero-order valence-corrected chi connectivity index (χ0v) is 17.0. The van der Waals surface area contributed by atoms with Gasteiger partial charge in [-0.15, -0.1) is 11.8 Å². The third-order valence-electron chi connectivity index (χ3n) is 4.51. The lowest BCUT2D eigenvalue weighted by Gasteiger charge is -2.41. The molecule has 26 heavy (non-hydrogen) atoms. The molecule has 5 heteroatoms. The number of esters is 1. The van der Waals surface area contributed by atoms with E-state index in [4.69, 9.17) is 9.47 Å². The molecule has 0 radical (unpaired) electrons. The summed E-state index contributed by atoms with van der Waals surface area (Å²) < 4.78 is 16.6. The maximum absolute atomic E-state index is 11.1. The Bertz CT molecular complexity index is 612. The highest BCUT2D eigenvalue weighted by atomic mass is 32.2. The van der Waals surface area contributed by atoms with Crippen molar-refractivity contribution in [3.05, 3.63) is 42.0 Å². The number of thioether (sulfide) groups is 1. The third-order valence-corrected chi connectivity index (χ3v) is 5.90. The topological polar surface area (TPSA) is 44.8 Å². The lowest BCUT2D eigenvalue weighted by Crippen LogP contribution is -2.34. The predicted octanol–water partition coefficient (Wildman–Crippen LogP) is 5.14. The molecule has 0 aromatic heterocycles. The molecule has 2 rings (SSSR count). The molecule has 1 aromatic rings. The first-order chi connectivity index (χ1) is 12.5. The van der Waals surface area contributed by atoms with Crippen molar-refractivity contribution in [2.45, 2.75) is 50.6 Å². The molecule has 1 aliphatic heterocycles. The van der Waals surface area contributed by atoms with Gasteiger partial charge < -0.3 is 14.2 Å². The van der Waals surface area contributed by atoms with E-state index in [-0.39, 0.29) is 17.0 Å². The van der Waals surface area contributed by atoms with Crippen LogP contribution in [0.25, 0.3) is 0 Å². The minimum Gasteiger partial charge on any atom is -0.496 e. The second-order valence-electron chi connectivity index (χ2n) is 6.93. The minimum atomic E-state index is -0.202. The van der Waals surface area contributed by atoms with E-state index < -0.39 is 0 Å². The second-order valence-corrected chi connectivity index (χ2v) is 8.53. The number of carbonyl (C=O) groups excluding carboxylic acids is 1. The van der Waals surface area contributed by atoms with Crippen molar-refractivity contribution in [2.75, 3.05) is 20.0 Å². The number of hydrogen-bond acceptors (Lipinski definition) is 5. The summed E-state index contributed by atoms with van der Waals surface area (Å²) in [6, 6.07) is 8.12. The molecule has 4 nitrogen and oxygen atoms in total. The van der Waals surface area contributed by atoms with Crippen LogP contribution in [-0.4, -0.2) is 30.9 Å². The Kier molecular flexibility index (Phi) is 8.04. The van der Waals surface area contributed by atoms with Gasteiger partial charge in [-0.1, -0.05) is 30.4 Å². The van der Waals surface area contributed by atoms with Crippen molar-refractivity contribution in [3.8, 4) is 5.75 Å². The molecule has 0 amide bonds. The van der Waals surface area contributed by atoms with Crippen LogP contribution in [0, 0.1) is 5.92 Å². The summed E-state index contributed by atoms with van der Waals surface area (Å²) in [4.78, 5) is 10.9. The summed E-state index contributed by atoms with van der Waals surface area (Å²) in [6.07, 6.45) is 7.52. The van der Waals surface area contributed by atoms with Crippen LogP contribution in [0.5, 0.6) is 5.75 Å². The van der Waals surface area contributed by atoms with E-state index in [9.17, 15) is 4.79 Å². The van der Waals surface area contributed by atoms with Crippen molar-refractivity contribution in [1.29, 1.82) is 0 Å². The van der Waals surface area contributed by atoms with Gasteiger partial charge in [0.15, 0.2) is 0 Å². The first-order valence-corrected chi connectivity index (χ1v) is 10.1. The van der Waals surface area contributed by atoms with Gasteiger partial charge in [0.05, 0.1) is 20.3 Å². The highest BCUT2D eigenvalue weighted by Gasteiger charge is 2.37. The third kappa shape index (κ3) is 6.06. The van der Waals surface area contributed by atoms with Crippen molar-refractivity contribution in [2.24, 2.45) is 5.92 Å². The van der Waals surface area contributed by atoms with Gasteiger partial charge in [-0.2, -0.15) is 0 Å². The number of benzene rings is 1. The van der Waals surface area contributed by atoms with Crippen LogP contribution in [0.3, 0.4) is 0 Å². The number of allylic oxidation sites excluding steroid dienone is 2. The van der Waals surface area contributed by atoms with Gasteiger partial charge in [-0.25, -0.2) is 0 Å². The molecule has 1 fully saturated rings. The monoisotopic (exact) mass is 378 g/mol. The number of hydrogen-bond donors (Lipinski definition) is 0. The molecule has 0 unspecified atom stereocenters. The summed E-state index contributed by atoms with van der Waals surface area (Å²) in [5.74, 6) is 2.17. The Hall–Kier alpha value is -1.46. The van der Waals surface area contributed by atoms with Crippen molar-refractivity contribution >= 4 is 17.7 Å². The van der Waals surface area contributed by atoms with E-state index in [0.29, 0.717) is 12.3 Å². The van der Waals surface area contributed by atoms with Gasteiger partial charge in [-0.05, 0) is 39.2 Å². The van der Waals surface area contributed by atoms with Gasteiger partial charge in [0.2, 0.25) is 0 Å². The quantitative estimate of drug-likeness (QED) is 0.356. The number of unbranched alkanes of at least 4 members (excludes halogenated alkanes) is 1. The number of carbonyl (C=O) groups is 1. The van der Waals surface area contributed by atoms with E-state index in [0.717, 1.165) is 36.3 Å². The summed E-state index contributed by atoms with van der Waals surface area (Å²) in [7, 11) is 3.14. The molecule has 1 aliphatic rings. The van der Waals surface area contributed by atoms with Gasteiger partial charge in [0.25, 0.3) is 0 Å². The van der Waals surface area contributed by atoms with E-state index in [1.54, 1.807) is 7.11 Å². The number of methoxy groups -OCH3 is 2. The first kappa shape index (κ1) is 20.8. The smallest absolute Gasteiger partial charge is 0.305 e. The molecular formula is C21H30O4S. The minimum absolute atomic E-state index is 0.0159. The summed E-state index contributed by atoms with van der Waals surface area (Å²) in [6.45, 7) is 4.25. The second kappa shape index (κ2) is 10.0. The van der Waals surface area contributed by atoms with E-state index in [1.807, 2.05) is 30.0 Å². The molecule has 1 saturated heterocycles. The van der Waals surface area contributed by atoms with Crippen LogP contribution in [-0.2, 0) is 14.3 Å². The molecule has 1 heterocycles. The largest absolute Gasteiger partial charge is 0.496 e. The normalized spacial score (nSPS) is 22.3. The number of ether oxygens (including phenoxy) is 3. The number of rotatable bonds is 8. The molecule has 144 valence electrons. The molecular weight excluding hydrogens is 348 g/mol. The molecule has 2 atom stereocenters. The lowest BCUT2D eigenvalue weighted by molar-refractivity contribution is -0.140. The fourth-order valence-electron chi connectivity index (χ4n) is 3.10. The Morgan fingerprint density at radius 1 is 1.31 bits per heavy atom. The average Bonchev–Trinajstić information content (AvgIpc) is 2.64.